The summed E-state index contributed by atoms with van der Waals surface area (Å²) in [5.74, 6) is -0.780. The summed E-state index contributed by atoms with van der Waals surface area (Å²) in [5.41, 5.74) is 4.59. The van der Waals surface area contributed by atoms with Gasteiger partial charge in [0.2, 0.25) is 0 Å². The van der Waals surface area contributed by atoms with Gasteiger partial charge >= 0.3 is 12.2 Å². The first-order valence-electron chi connectivity index (χ1n) is 14.8. The Kier molecular flexibility index (Phi) is 8.13. The van der Waals surface area contributed by atoms with Gasteiger partial charge in [-0.1, -0.05) is 75.4 Å². The minimum Gasteiger partial charge on any atom is -0.432 e. The lowest BCUT2D eigenvalue weighted by Crippen LogP contribution is -2.36. The van der Waals surface area contributed by atoms with Gasteiger partial charge in [-0.05, 0) is 67.0 Å². The van der Waals surface area contributed by atoms with Gasteiger partial charge in [0.25, 0.3) is 0 Å². The fourth-order valence-corrected chi connectivity index (χ4v) is 6.83. The second-order valence-corrected chi connectivity index (χ2v) is 12.3. The van der Waals surface area contributed by atoms with Gasteiger partial charge in [-0.15, -0.1) is 0 Å². The van der Waals surface area contributed by atoms with Gasteiger partial charge in [-0.3, -0.25) is 0 Å². The largest absolute Gasteiger partial charge is 0.432 e. The third-order valence-corrected chi connectivity index (χ3v) is 9.35. The highest BCUT2D eigenvalue weighted by Gasteiger charge is 2.44. The van der Waals surface area contributed by atoms with Crippen LogP contribution in [0.25, 0.3) is 33.3 Å². The van der Waals surface area contributed by atoms with Gasteiger partial charge in [-0.25, -0.2) is 0 Å². The van der Waals surface area contributed by atoms with Crippen LogP contribution in [0.5, 0.6) is 11.5 Å². The molecule has 0 unspecified atom stereocenters. The molecule has 0 amide bonds. The molecule has 6 rings (SSSR count). The number of hydrogen-bond acceptors (Lipinski definition) is 5. The van der Waals surface area contributed by atoms with Crippen molar-refractivity contribution in [2.45, 2.75) is 76.9 Å². The highest BCUT2D eigenvalue weighted by Crippen LogP contribution is 2.42. The summed E-state index contributed by atoms with van der Waals surface area (Å²) < 4.78 is 78.4. The van der Waals surface area contributed by atoms with Crippen molar-refractivity contribution in [3.05, 3.63) is 60.7 Å². The van der Waals surface area contributed by atoms with Crippen LogP contribution < -0.4 is 9.47 Å². The highest BCUT2D eigenvalue weighted by atomic mass is 32.1. The molecule has 0 aliphatic heterocycles. The van der Waals surface area contributed by atoms with Crippen molar-refractivity contribution < 1.29 is 27.0 Å². The van der Waals surface area contributed by atoms with Crippen LogP contribution in [0.1, 0.15) is 64.7 Å². The van der Waals surface area contributed by atoms with E-state index in [1.807, 2.05) is 12.1 Å². The smallest absolute Gasteiger partial charge is 0.400 e. The first-order valence-corrected chi connectivity index (χ1v) is 15.5. The zero-order valence-corrected chi connectivity index (χ0v) is 24.3. The number of rotatable bonds is 8. The molecule has 3 aromatic carbocycles. The van der Waals surface area contributed by atoms with Crippen molar-refractivity contribution in [2.75, 3.05) is 0 Å². The maximum absolute atomic E-state index is 14.8. The normalized spacial score (nSPS) is 20.5. The predicted molar refractivity (Wildman–Crippen MR) is 157 cm³/mol. The first-order chi connectivity index (χ1) is 20.2. The van der Waals surface area contributed by atoms with E-state index in [-0.39, 0.29) is 11.5 Å². The van der Waals surface area contributed by atoms with Gasteiger partial charge in [0.1, 0.15) is 22.5 Å². The van der Waals surface area contributed by atoms with Gasteiger partial charge in [-0.2, -0.15) is 26.3 Å². The Morgan fingerprint density at radius 2 is 1.02 bits per heavy atom. The lowest BCUT2D eigenvalue weighted by atomic mass is 9.82. The predicted octanol–water partition coefficient (Wildman–Crippen LogP) is 10.4. The summed E-state index contributed by atoms with van der Waals surface area (Å²) in [6, 6.07) is 17.1. The van der Waals surface area contributed by atoms with E-state index < -0.39 is 24.1 Å². The Balaban J connectivity index is 1.18. The highest BCUT2D eigenvalue weighted by molar-refractivity contribution is 7.00. The Bertz CT molecular complexity index is 1490. The standard InChI is InChI=1S/C33H34F4N2O2S/c1-21-7-13-25(14-8-21)33(36,37)41-27-17-11-23(12-18-27)29-20-19-28(30-31(29)39-42-38-30)22-9-15-26(16-10-22)40-32(34,35)24-5-3-2-4-6-24/h9-12,15-21,24-25H,2-8,13-14H2,1H3. The molecule has 4 aromatic rings. The van der Waals surface area contributed by atoms with E-state index in [1.54, 1.807) is 48.5 Å². The topological polar surface area (TPSA) is 44.2 Å². The van der Waals surface area contributed by atoms with Crippen molar-refractivity contribution in [1.29, 1.82) is 0 Å². The van der Waals surface area contributed by atoms with E-state index in [0.29, 0.717) is 42.6 Å². The summed E-state index contributed by atoms with van der Waals surface area (Å²) in [4.78, 5) is 0. The van der Waals surface area contributed by atoms with E-state index in [9.17, 15) is 17.6 Å². The molecule has 0 bridgehead atoms. The lowest BCUT2D eigenvalue weighted by molar-refractivity contribution is -0.223. The molecule has 2 saturated carbocycles. The number of nitrogens with zero attached hydrogens (tertiary/aromatic N) is 2. The number of alkyl halides is 4. The number of fused-ring (bicyclic) bond motifs is 1. The summed E-state index contributed by atoms with van der Waals surface area (Å²) in [5, 5.41) is 0. The summed E-state index contributed by atoms with van der Waals surface area (Å²) in [6.45, 7) is 2.10. The Morgan fingerprint density at radius 1 is 0.595 bits per heavy atom. The molecule has 2 aliphatic rings. The van der Waals surface area contributed by atoms with Gasteiger partial charge in [0, 0.05) is 11.1 Å². The number of ether oxygens (including phenoxy) is 2. The van der Waals surface area contributed by atoms with E-state index >= 15 is 0 Å². The monoisotopic (exact) mass is 598 g/mol. The molecule has 2 aliphatic carbocycles. The summed E-state index contributed by atoms with van der Waals surface area (Å²) in [7, 11) is 0. The number of halogens is 4. The summed E-state index contributed by atoms with van der Waals surface area (Å²) >= 11 is 1.08. The van der Waals surface area contributed by atoms with Crippen molar-refractivity contribution >= 4 is 22.8 Å². The zero-order valence-electron chi connectivity index (χ0n) is 23.5. The molecule has 9 heteroatoms. The van der Waals surface area contributed by atoms with Crippen molar-refractivity contribution in [3.63, 3.8) is 0 Å². The molecule has 4 nitrogen and oxygen atoms in total. The molecule has 2 fully saturated rings. The Labute approximate surface area is 247 Å². The second kappa shape index (κ2) is 11.8. The van der Waals surface area contributed by atoms with Crippen LogP contribution in [0.4, 0.5) is 17.6 Å². The van der Waals surface area contributed by atoms with Gasteiger partial charge in [0.05, 0.1) is 23.6 Å². The maximum Gasteiger partial charge on any atom is 0.400 e. The molecule has 0 radical (unpaired) electrons. The van der Waals surface area contributed by atoms with E-state index in [1.165, 1.54) is 0 Å². The van der Waals surface area contributed by atoms with Crippen LogP contribution in [0.15, 0.2) is 60.7 Å². The van der Waals surface area contributed by atoms with E-state index in [2.05, 4.69) is 15.7 Å². The zero-order chi connectivity index (χ0) is 29.3. The average molecular weight is 599 g/mol. The van der Waals surface area contributed by atoms with Crippen molar-refractivity contribution in [1.82, 2.24) is 8.75 Å². The van der Waals surface area contributed by atoms with Crippen molar-refractivity contribution in [2.24, 2.45) is 17.8 Å². The van der Waals surface area contributed by atoms with E-state index in [4.69, 9.17) is 9.47 Å². The van der Waals surface area contributed by atoms with Crippen LogP contribution in [0.3, 0.4) is 0 Å². The van der Waals surface area contributed by atoms with Crippen LogP contribution in [0.2, 0.25) is 0 Å². The minimum absolute atomic E-state index is 0.128. The van der Waals surface area contributed by atoms with Crippen LogP contribution in [0, 0.1) is 17.8 Å². The SMILES string of the molecule is CC1CCC(C(F)(F)Oc2ccc(-c3ccc(-c4ccc(OC(F)(F)C5CCCCC5)cc4)c4nsnc34)cc2)CC1. The average Bonchev–Trinajstić information content (AvgIpc) is 3.48. The molecule has 0 N–H and O–H groups in total. The molecule has 222 valence electrons. The van der Waals surface area contributed by atoms with E-state index in [0.717, 1.165) is 66.1 Å². The quantitative estimate of drug-likeness (QED) is 0.189. The molecular formula is C33H34F4N2O2S. The minimum atomic E-state index is -3.21. The van der Waals surface area contributed by atoms with Crippen LogP contribution in [-0.2, 0) is 0 Å². The number of benzene rings is 3. The lowest BCUT2D eigenvalue weighted by Gasteiger charge is -2.32. The van der Waals surface area contributed by atoms with Crippen LogP contribution >= 0.6 is 11.7 Å². The molecule has 1 aromatic heterocycles. The number of hydrogen-bond donors (Lipinski definition) is 0. The Hall–Kier alpha value is -3.20. The molecule has 42 heavy (non-hydrogen) atoms. The third kappa shape index (κ3) is 6.12. The number of aromatic nitrogens is 2. The fourth-order valence-electron chi connectivity index (χ4n) is 6.25. The molecule has 1 heterocycles. The molecule has 0 spiro atoms. The van der Waals surface area contributed by atoms with Gasteiger partial charge < -0.3 is 9.47 Å². The second-order valence-electron chi connectivity index (χ2n) is 11.8. The third-order valence-electron chi connectivity index (χ3n) is 8.83. The van der Waals surface area contributed by atoms with Crippen molar-refractivity contribution in [3.8, 4) is 33.8 Å². The maximum atomic E-state index is 14.8. The molecule has 0 atom stereocenters. The fraction of sp³-hybridized carbons (Fsp3) is 0.455. The van der Waals surface area contributed by atoms with Crippen LogP contribution in [-0.4, -0.2) is 21.0 Å². The Morgan fingerprint density at radius 3 is 1.48 bits per heavy atom. The summed E-state index contributed by atoms with van der Waals surface area (Å²) in [6.07, 6.45) is -0.293. The van der Waals surface area contributed by atoms with Gasteiger partial charge in [0.15, 0.2) is 0 Å². The molecular weight excluding hydrogens is 564 g/mol. The molecule has 0 saturated heterocycles. The first kappa shape index (κ1) is 28.9.